The van der Waals surface area contributed by atoms with Gasteiger partial charge in [-0.15, -0.1) is 0 Å². The number of fused-ring (bicyclic) bond motifs is 9. The van der Waals surface area contributed by atoms with Crippen LogP contribution in [0.15, 0.2) is 253 Å². The Kier molecular flexibility index (Phi) is 8.89. The lowest BCUT2D eigenvalue weighted by Crippen LogP contribution is -2.10. The number of hydrogen-bond donors (Lipinski definition) is 0. The van der Waals surface area contributed by atoms with Gasteiger partial charge in [0.2, 0.25) is 0 Å². The highest BCUT2D eigenvalue weighted by Crippen LogP contribution is 2.47. The smallest absolute Gasteiger partial charge is 0.143 e. The highest BCUT2D eigenvalue weighted by molar-refractivity contribution is 6.22. The maximum Gasteiger partial charge on any atom is 0.143 e. The summed E-state index contributed by atoms with van der Waals surface area (Å²) in [7, 11) is 0. The Labute approximate surface area is 382 Å². The van der Waals surface area contributed by atoms with Crippen molar-refractivity contribution in [3.05, 3.63) is 249 Å². The average Bonchev–Trinajstić information content (AvgIpc) is 3.79. The Hall–Kier alpha value is -8.72. The number of benzene rings is 12. The minimum atomic E-state index is 0.895. The van der Waals surface area contributed by atoms with Gasteiger partial charge in [-0.2, -0.15) is 0 Å². The molecular weight excluding hydrogens is 799 g/mol. The van der Waals surface area contributed by atoms with E-state index in [9.17, 15) is 0 Å². The maximum atomic E-state index is 6.58. The van der Waals surface area contributed by atoms with E-state index in [0.717, 1.165) is 66.6 Å². The molecule has 2 heteroatoms. The van der Waals surface area contributed by atoms with E-state index >= 15 is 0 Å². The summed E-state index contributed by atoms with van der Waals surface area (Å²) in [5.74, 6) is 0. The molecule has 2 nitrogen and oxygen atoms in total. The van der Waals surface area contributed by atoms with Crippen LogP contribution < -0.4 is 4.90 Å². The number of hydrogen-bond acceptors (Lipinski definition) is 2. The van der Waals surface area contributed by atoms with Crippen molar-refractivity contribution in [3.63, 3.8) is 0 Å². The van der Waals surface area contributed by atoms with Gasteiger partial charge in [0.25, 0.3) is 0 Å². The molecule has 0 aliphatic heterocycles. The van der Waals surface area contributed by atoms with Crippen LogP contribution in [0.5, 0.6) is 0 Å². The number of furan rings is 1. The van der Waals surface area contributed by atoms with Gasteiger partial charge in [0.15, 0.2) is 0 Å². The van der Waals surface area contributed by atoms with Crippen molar-refractivity contribution in [3.8, 4) is 44.5 Å². The predicted molar refractivity (Wildman–Crippen MR) is 280 cm³/mol. The van der Waals surface area contributed by atoms with Gasteiger partial charge in [-0.05, 0) is 137 Å². The Morgan fingerprint density at radius 1 is 0.273 bits per heavy atom. The van der Waals surface area contributed by atoms with Crippen LogP contribution in [0.3, 0.4) is 0 Å². The van der Waals surface area contributed by atoms with Crippen molar-refractivity contribution in [2.24, 2.45) is 0 Å². The zero-order chi connectivity index (χ0) is 43.6. The average molecular weight is 840 g/mol. The fourth-order valence-corrected chi connectivity index (χ4v) is 10.4. The van der Waals surface area contributed by atoms with Gasteiger partial charge >= 0.3 is 0 Å². The van der Waals surface area contributed by atoms with E-state index in [4.69, 9.17) is 4.42 Å². The molecule has 12 aromatic carbocycles. The maximum absolute atomic E-state index is 6.58. The van der Waals surface area contributed by atoms with Gasteiger partial charge in [-0.3, -0.25) is 0 Å². The first-order valence-corrected chi connectivity index (χ1v) is 22.7. The summed E-state index contributed by atoms with van der Waals surface area (Å²) >= 11 is 0. The number of rotatable bonds is 7. The lowest BCUT2D eigenvalue weighted by molar-refractivity contribution is 0.673. The lowest BCUT2D eigenvalue weighted by Gasteiger charge is -2.27. The molecule has 0 unspecified atom stereocenters. The number of nitrogens with zero attached hydrogens (tertiary/aromatic N) is 1. The second-order valence-corrected chi connectivity index (χ2v) is 17.2. The molecule has 0 saturated carbocycles. The Bertz CT molecular complexity index is 3980. The minimum Gasteiger partial charge on any atom is -0.455 e. The second kappa shape index (κ2) is 15.5. The van der Waals surface area contributed by atoms with E-state index in [1.165, 1.54) is 60.0 Å². The molecule has 0 fully saturated rings. The summed E-state index contributed by atoms with van der Waals surface area (Å²) < 4.78 is 6.58. The molecule has 0 radical (unpaired) electrons. The van der Waals surface area contributed by atoms with E-state index in [1.807, 2.05) is 0 Å². The highest BCUT2D eigenvalue weighted by atomic mass is 16.3. The molecule has 1 heterocycles. The molecule has 0 N–H and O–H groups in total. The largest absolute Gasteiger partial charge is 0.455 e. The molecule has 1 aromatic heterocycles. The van der Waals surface area contributed by atoms with Crippen LogP contribution in [0.1, 0.15) is 0 Å². The molecule has 0 amide bonds. The van der Waals surface area contributed by atoms with Gasteiger partial charge in [0.05, 0.1) is 0 Å². The standard InChI is InChI=1S/C64H41NO/c1-3-17-45(18-4-1)61-57-26-12-11-25-55(57)56-37-33-49(41-59(56)62(61)46-19-5-2-6-20-46)48-22-13-23-51(40-48)65(52-36-29-42-15-7-8-21-47(42)39-52)50-34-30-44(31-35-50)53-27-14-28-60-63(53)58-38-32-43-16-9-10-24-54(43)64(58)66-60/h1-41H. The van der Waals surface area contributed by atoms with E-state index in [2.05, 4.69) is 254 Å². The van der Waals surface area contributed by atoms with E-state index in [-0.39, 0.29) is 0 Å². The molecule has 0 saturated heterocycles. The summed E-state index contributed by atoms with van der Waals surface area (Å²) in [5, 5.41) is 12.0. The van der Waals surface area contributed by atoms with E-state index in [0.29, 0.717) is 0 Å². The third-order valence-electron chi connectivity index (χ3n) is 13.4. The van der Waals surface area contributed by atoms with E-state index < -0.39 is 0 Å². The fraction of sp³-hybridized carbons (Fsp3) is 0. The highest BCUT2D eigenvalue weighted by Gasteiger charge is 2.20. The quantitative estimate of drug-likeness (QED) is 0.149. The SMILES string of the molecule is c1ccc(-c2c(-c3ccccc3)c3cc(-c4cccc(N(c5ccc(-c6cccc7oc8c9ccccc9ccc8c67)cc5)c5ccc6ccccc6c5)c4)ccc3c3ccccc23)cc1. The Balaban J connectivity index is 0.967. The molecule has 308 valence electrons. The van der Waals surface area contributed by atoms with Gasteiger partial charge in [-0.1, -0.05) is 194 Å². The van der Waals surface area contributed by atoms with Crippen LogP contribution in [-0.4, -0.2) is 0 Å². The molecule has 0 spiro atoms. The molecule has 0 aliphatic carbocycles. The molecule has 13 rings (SSSR count). The van der Waals surface area contributed by atoms with Gasteiger partial charge in [-0.25, -0.2) is 0 Å². The third-order valence-corrected chi connectivity index (χ3v) is 13.4. The summed E-state index contributed by atoms with van der Waals surface area (Å²) in [6.45, 7) is 0. The monoisotopic (exact) mass is 839 g/mol. The minimum absolute atomic E-state index is 0.895. The Morgan fingerprint density at radius 3 is 1.61 bits per heavy atom. The van der Waals surface area contributed by atoms with Crippen molar-refractivity contribution < 1.29 is 4.42 Å². The summed E-state index contributed by atoms with van der Waals surface area (Å²) in [5.41, 5.74) is 14.6. The normalized spacial score (nSPS) is 11.6. The zero-order valence-electron chi connectivity index (χ0n) is 36.0. The molecule has 13 aromatic rings. The fourth-order valence-electron chi connectivity index (χ4n) is 10.4. The van der Waals surface area contributed by atoms with Crippen LogP contribution in [0.4, 0.5) is 17.1 Å². The first-order valence-electron chi connectivity index (χ1n) is 22.7. The second-order valence-electron chi connectivity index (χ2n) is 17.2. The van der Waals surface area contributed by atoms with Crippen molar-refractivity contribution in [2.75, 3.05) is 4.90 Å². The first-order chi connectivity index (χ1) is 32.7. The van der Waals surface area contributed by atoms with Crippen LogP contribution in [0.25, 0.3) is 110 Å². The van der Waals surface area contributed by atoms with Crippen LogP contribution >= 0.6 is 0 Å². The molecule has 0 atom stereocenters. The van der Waals surface area contributed by atoms with Crippen molar-refractivity contribution in [1.29, 1.82) is 0 Å². The summed E-state index contributed by atoms with van der Waals surface area (Å²) in [6, 6.07) is 90.3. The predicted octanol–water partition coefficient (Wildman–Crippen LogP) is 18.3. The van der Waals surface area contributed by atoms with Gasteiger partial charge in [0.1, 0.15) is 11.2 Å². The van der Waals surface area contributed by atoms with Crippen LogP contribution in [0, 0.1) is 0 Å². The van der Waals surface area contributed by atoms with Crippen molar-refractivity contribution in [2.45, 2.75) is 0 Å². The summed E-state index contributed by atoms with van der Waals surface area (Å²) in [6.07, 6.45) is 0. The first kappa shape index (κ1) is 37.8. The molecule has 66 heavy (non-hydrogen) atoms. The van der Waals surface area contributed by atoms with Crippen molar-refractivity contribution >= 4 is 82.1 Å². The van der Waals surface area contributed by atoms with Crippen molar-refractivity contribution in [1.82, 2.24) is 0 Å². The molecular formula is C64H41NO. The number of anilines is 3. The zero-order valence-corrected chi connectivity index (χ0v) is 36.0. The molecule has 0 bridgehead atoms. The molecule has 0 aliphatic rings. The van der Waals surface area contributed by atoms with Gasteiger partial charge in [0, 0.05) is 33.2 Å². The topological polar surface area (TPSA) is 16.4 Å². The summed E-state index contributed by atoms with van der Waals surface area (Å²) in [4.78, 5) is 2.39. The lowest BCUT2D eigenvalue weighted by atomic mass is 9.84. The van der Waals surface area contributed by atoms with Gasteiger partial charge < -0.3 is 9.32 Å². The van der Waals surface area contributed by atoms with E-state index in [1.54, 1.807) is 0 Å². The third kappa shape index (κ3) is 6.26. The van der Waals surface area contributed by atoms with Crippen LogP contribution in [-0.2, 0) is 0 Å². The van der Waals surface area contributed by atoms with Crippen LogP contribution in [0.2, 0.25) is 0 Å². The Morgan fingerprint density at radius 2 is 0.818 bits per heavy atom.